The zero-order valence-electron chi connectivity index (χ0n) is 14.2. The molecule has 4 heterocycles. The predicted octanol–water partition coefficient (Wildman–Crippen LogP) is 2.91. The van der Waals surface area contributed by atoms with Crippen LogP contribution < -0.4 is 0 Å². The number of piperidine rings is 1. The first-order valence-corrected chi connectivity index (χ1v) is 9.61. The van der Waals surface area contributed by atoms with Crippen LogP contribution >= 0.6 is 11.3 Å². The summed E-state index contributed by atoms with van der Waals surface area (Å²) < 4.78 is 11.8. The molecule has 5 nitrogen and oxygen atoms in total. The Balaban J connectivity index is 1.39. The van der Waals surface area contributed by atoms with Crippen LogP contribution in [0, 0.1) is 6.92 Å². The molecule has 24 heavy (non-hydrogen) atoms. The second kappa shape index (κ2) is 6.96. The molecular formula is C18H25N3O2S. The van der Waals surface area contributed by atoms with Gasteiger partial charge in [-0.25, -0.2) is 4.98 Å². The minimum atomic E-state index is -0.0336. The summed E-state index contributed by atoms with van der Waals surface area (Å²) in [4.78, 5) is 9.60. The lowest BCUT2D eigenvalue weighted by atomic mass is 9.90. The molecule has 4 rings (SSSR count). The fraction of sp³-hybridized carbons (Fsp3) is 0.611. The number of ether oxygens (including phenoxy) is 1. The zero-order valence-corrected chi connectivity index (χ0v) is 15.1. The molecule has 2 aromatic heterocycles. The normalized spacial score (nSPS) is 26.2. The van der Waals surface area contributed by atoms with E-state index in [4.69, 9.17) is 9.15 Å². The van der Waals surface area contributed by atoms with Crippen molar-refractivity contribution in [2.24, 2.45) is 0 Å². The Morgan fingerprint density at radius 2 is 2.12 bits per heavy atom. The monoisotopic (exact) mass is 347 g/mol. The van der Waals surface area contributed by atoms with Crippen molar-refractivity contribution in [2.75, 3.05) is 32.8 Å². The summed E-state index contributed by atoms with van der Waals surface area (Å²) in [7, 11) is 0. The molecule has 2 saturated heterocycles. The van der Waals surface area contributed by atoms with Crippen LogP contribution in [-0.2, 0) is 17.8 Å². The van der Waals surface area contributed by atoms with Crippen molar-refractivity contribution >= 4 is 11.3 Å². The second-order valence-corrected chi connectivity index (χ2v) is 8.06. The minimum absolute atomic E-state index is 0.0336. The largest absolute Gasteiger partial charge is 0.468 e. The first-order valence-electron chi connectivity index (χ1n) is 8.73. The molecule has 0 aromatic carbocycles. The Labute approximate surface area is 147 Å². The Bertz CT molecular complexity index is 653. The van der Waals surface area contributed by atoms with Crippen molar-refractivity contribution in [3.05, 3.63) is 40.2 Å². The summed E-state index contributed by atoms with van der Waals surface area (Å²) in [6, 6.07) is 4.02. The summed E-state index contributed by atoms with van der Waals surface area (Å²) in [5.74, 6) is 1.04. The summed E-state index contributed by atoms with van der Waals surface area (Å²) in [5, 5.41) is 3.33. The molecule has 0 saturated carbocycles. The Hall–Kier alpha value is -1.21. The number of hydrogen-bond acceptors (Lipinski definition) is 6. The molecule has 130 valence electrons. The van der Waals surface area contributed by atoms with Crippen LogP contribution in [0.5, 0.6) is 0 Å². The van der Waals surface area contributed by atoms with Gasteiger partial charge in [0.05, 0.1) is 35.7 Å². The van der Waals surface area contributed by atoms with E-state index in [1.807, 2.05) is 6.07 Å². The molecule has 1 spiro atoms. The summed E-state index contributed by atoms with van der Waals surface area (Å²) in [5.41, 5.74) is 1.16. The van der Waals surface area contributed by atoms with E-state index in [9.17, 15) is 0 Å². The van der Waals surface area contributed by atoms with Gasteiger partial charge in [-0.05, 0) is 38.4 Å². The number of furan rings is 1. The lowest BCUT2D eigenvalue weighted by Crippen LogP contribution is -2.59. The summed E-state index contributed by atoms with van der Waals surface area (Å²) >= 11 is 1.73. The first kappa shape index (κ1) is 16.3. The van der Waals surface area contributed by atoms with Crippen molar-refractivity contribution in [1.82, 2.24) is 14.8 Å². The maximum absolute atomic E-state index is 6.30. The second-order valence-electron chi connectivity index (χ2n) is 6.99. The zero-order chi connectivity index (χ0) is 16.4. The van der Waals surface area contributed by atoms with Crippen molar-refractivity contribution in [1.29, 1.82) is 0 Å². The number of likely N-dealkylation sites (tertiary alicyclic amines) is 1. The highest BCUT2D eigenvalue weighted by molar-refractivity contribution is 7.09. The van der Waals surface area contributed by atoms with Crippen LogP contribution in [-0.4, -0.2) is 53.2 Å². The van der Waals surface area contributed by atoms with Gasteiger partial charge in [-0.15, -0.1) is 11.3 Å². The topological polar surface area (TPSA) is 41.7 Å². The van der Waals surface area contributed by atoms with E-state index in [-0.39, 0.29) is 5.60 Å². The minimum Gasteiger partial charge on any atom is -0.468 e. The Morgan fingerprint density at radius 1 is 1.25 bits per heavy atom. The van der Waals surface area contributed by atoms with Crippen molar-refractivity contribution in [3.8, 4) is 0 Å². The van der Waals surface area contributed by atoms with Crippen molar-refractivity contribution < 1.29 is 9.15 Å². The molecule has 2 aliphatic heterocycles. The van der Waals surface area contributed by atoms with Crippen LogP contribution in [0.4, 0.5) is 0 Å². The van der Waals surface area contributed by atoms with Crippen LogP contribution in [0.1, 0.15) is 29.3 Å². The molecule has 0 amide bonds. The SMILES string of the molecule is Cc1nc(CN2CCC[C@@]3(C2)CN(Cc2ccco2)CCO3)cs1. The number of morpholine rings is 1. The van der Waals surface area contributed by atoms with Crippen LogP contribution in [0.2, 0.25) is 0 Å². The molecule has 0 N–H and O–H groups in total. The number of hydrogen-bond donors (Lipinski definition) is 0. The highest BCUT2D eigenvalue weighted by Crippen LogP contribution is 2.30. The van der Waals surface area contributed by atoms with E-state index in [0.29, 0.717) is 0 Å². The summed E-state index contributed by atoms with van der Waals surface area (Å²) in [6.07, 6.45) is 4.09. The van der Waals surface area contributed by atoms with Crippen molar-refractivity contribution in [3.63, 3.8) is 0 Å². The van der Waals surface area contributed by atoms with Gasteiger partial charge in [-0.3, -0.25) is 9.80 Å². The maximum Gasteiger partial charge on any atom is 0.117 e. The van der Waals surface area contributed by atoms with Crippen LogP contribution in [0.25, 0.3) is 0 Å². The molecule has 2 aliphatic rings. The number of aromatic nitrogens is 1. The lowest BCUT2D eigenvalue weighted by molar-refractivity contribution is -0.143. The number of rotatable bonds is 4. The van der Waals surface area contributed by atoms with Crippen LogP contribution in [0.15, 0.2) is 28.2 Å². The third-order valence-electron chi connectivity index (χ3n) is 4.96. The van der Waals surface area contributed by atoms with Gasteiger partial charge in [0.15, 0.2) is 0 Å². The highest BCUT2D eigenvalue weighted by atomic mass is 32.1. The molecule has 0 aliphatic carbocycles. The van der Waals surface area contributed by atoms with E-state index in [1.165, 1.54) is 12.1 Å². The molecule has 6 heteroatoms. The highest BCUT2D eigenvalue weighted by Gasteiger charge is 2.40. The van der Waals surface area contributed by atoms with E-state index in [1.54, 1.807) is 17.6 Å². The average molecular weight is 347 g/mol. The lowest BCUT2D eigenvalue weighted by Gasteiger charge is -2.48. The molecule has 0 unspecified atom stereocenters. The van der Waals surface area contributed by atoms with Gasteiger partial charge in [0.25, 0.3) is 0 Å². The third-order valence-corrected chi connectivity index (χ3v) is 5.78. The molecule has 2 aromatic rings. The van der Waals surface area contributed by atoms with Gasteiger partial charge < -0.3 is 9.15 Å². The molecule has 0 bridgehead atoms. The maximum atomic E-state index is 6.30. The number of nitrogens with zero attached hydrogens (tertiary/aromatic N) is 3. The Morgan fingerprint density at radius 3 is 2.88 bits per heavy atom. The molecular weight excluding hydrogens is 322 g/mol. The molecule has 1 atom stereocenters. The van der Waals surface area contributed by atoms with Crippen molar-refractivity contribution in [2.45, 2.75) is 38.5 Å². The van der Waals surface area contributed by atoms with E-state index in [0.717, 1.165) is 63.1 Å². The fourth-order valence-corrected chi connectivity index (χ4v) is 4.57. The van der Waals surface area contributed by atoms with Gasteiger partial charge in [0, 0.05) is 31.6 Å². The van der Waals surface area contributed by atoms with Gasteiger partial charge in [-0.1, -0.05) is 0 Å². The molecule has 0 radical (unpaired) electrons. The quantitative estimate of drug-likeness (QED) is 0.851. The van der Waals surface area contributed by atoms with E-state index in [2.05, 4.69) is 33.2 Å². The van der Waals surface area contributed by atoms with Gasteiger partial charge in [0.2, 0.25) is 0 Å². The van der Waals surface area contributed by atoms with E-state index >= 15 is 0 Å². The van der Waals surface area contributed by atoms with Crippen LogP contribution in [0.3, 0.4) is 0 Å². The van der Waals surface area contributed by atoms with Gasteiger partial charge in [-0.2, -0.15) is 0 Å². The standard InChI is InChI=1S/C18H25N3O2S/c1-15-19-16(12-24-15)10-20-6-3-5-18(13-20)14-21(7-9-23-18)11-17-4-2-8-22-17/h2,4,8,12H,3,5-7,9-11,13-14H2,1H3/t18-/m1/s1. The average Bonchev–Trinajstić information content (AvgIpc) is 3.19. The first-order chi connectivity index (χ1) is 11.7. The third kappa shape index (κ3) is 3.72. The molecule has 2 fully saturated rings. The fourth-order valence-electron chi connectivity index (χ4n) is 3.96. The predicted molar refractivity (Wildman–Crippen MR) is 94.0 cm³/mol. The van der Waals surface area contributed by atoms with E-state index < -0.39 is 0 Å². The number of thiazole rings is 1. The van der Waals surface area contributed by atoms with Gasteiger partial charge >= 0.3 is 0 Å². The Kier molecular flexibility index (Phi) is 4.72. The summed E-state index contributed by atoms with van der Waals surface area (Å²) in [6.45, 7) is 8.80. The van der Waals surface area contributed by atoms with Gasteiger partial charge in [0.1, 0.15) is 5.76 Å². The number of aryl methyl sites for hydroxylation is 1. The smallest absolute Gasteiger partial charge is 0.117 e.